The molecular weight excluding hydrogens is 204 g/mol. The highest BCUT2D eigenvalue weighted by Crippen LogP contribution is 2.27. The monoisotopic (exact) mass is 220 g/mol. The zero-order chi connectivity index (χ0) is 11.4. The van der Waals surface area contributed by atoms with Gasteiger partial charge in [-0.2, -0.15) is 0 Å². The van der Waals surface area contributed by atoms with Crippen LogP contribution >= 0.6 is 0 Å². The first-order valence-corrected chi connectivity index (χ1v) is 5.70. The number of aliphatic carboxylic acids is 1. The Balaban J connectivity index is 2.08. The maximum absolute atomic E-state index is 11.2. The number of benzene rings is 1. The Bertz CT molecular complexity index is 341. The quantitative estimate of drug-likeness (QED) is 0.848. The van der Waals surface area contributed by atoms with Crippen LogP contribution in [-0.4, -0.2) is 17.2 Å². The summed E-state index contributed by atoms with van der Waals surface area (Å²) < 4.78 is 5.66. The maximum atomic E-state index is 11.2. The van der Waals surface area contributed by atoms with Gasteiger partial charge in [-0.3, -0.25) is 0 Å². The number of carbonyl (C=O) groups is 1. The van der Waals surface area contributed by atoms with Gasteiger partial charge in [-0.15, -0.1) is 0 Å². The lowest BCUT2D eigenvalue weighted by atomic mass is 10.1. The molecular formula is C13H16O3. The average Bonchev–Trinajstić information content (AvgIpc) is 2.79. The molecule has 3 nitrogen and oxygen atoms in total. The Morgan fingerprint density at radius 3 is 2.44 bits per heavy atom. The topological polar surface area (TPSA) is 46.5 Å². The molecule has 0 unspecified atom stereocenters. The van der Waals surface area contributed by atoms with Gasteiger partial charge in [-0.25, -0.2) is 4.79 Å². The van der Waals surface area contributed by atoms with E-state index in [1.807, 2.05) is 18.2 Å². The summed E-state index contributed by atoms with van der Waals surface area (Å²) in [4.78, 5) is 11.2. The molecule has 1 aromatic rings. The van der Waals surface area contributed by atoms with Crippen LogP contribution in [0.4, 0.5) is 0 Å². The first-order chi connectivity index (χ1) is 7.77. The third-order valence-corrected chi connectivity index (χ3v) is 2.96. The van der Waals surface area contributed by atoms with Gasteiger partial charge in [0.05, 0.1) is 6.10 Å². The third-order valence-electron chi connectivity index (χ3n) is 2.96. The fourth-order valence-electron chi connectivity index (χ4n) is 2.12. The molecule has 0 saturated heterocycles. The van der Waals surface area contributed by atoms with Gasteiger partial charge >= 0.3 is 5.97 Å². The fourth-order valence-corrected chi connectivity index (χ4v) is 2.12. The number of hydrogen-bond acceptors (Lipinski definition) is 2. The molecule has 1 aliphatic carbocycles. The number of ether oxygens (including phenoxy) is 1. The maximum Gasteiger partial charge on any atom is 0.337 e. The highest BCUT2D eigenvalue weighted by Gasteiger charge is 2.26. The lowest BCUT2D eigenvalue weighted by Crippen LogP contribution is -2.20. The molecule has 1 atom stereocenters. The van der Waals surface area contributed by atoms with Crippen LogP contribution in [0.25, 0.3) is 0 Å². The van der Waals surface area contributed by atoms with Crippen molar-refractivity contribution in [1.29, 1.82) is 0 Å². The summed E-state index contributed by atoms with van der Waals surface area (Å²) in [6, 6.07) is 9.14. The zero-order valence-corrected chi connectivity index (χ0v) is 9.13. The second-order valence-electron chi connectivity index (χ2n) is 4.17. The van der Waals surface area contributed by atoms with Gasteiger partial charge in [0.15, 0.2) is 6.10 Å². The van der Waals surface area contributed by atoms with Gasteiger partial charge < -0.3 is 9.84 Å². The molecule has 16 heavy (non-hydrogen) atoms. The highest BCUT2D eigenvalue weighted by atomic mass is 16.5. The molecule has 0 amide bonds. The smallest absolute Gasteiger partial charge is 0.337 e. The summed E-state index contributed by atoms with van der Waals surface area (Å²) in [5, 5.41) is 9.16. The molecule has 1 aliphatic rings. The Morgan fingerprint density at radius 1 is 1.25 bits per heavy atom. The molecule has 1 N–H and O–H groups in total. The Kier molecular flexibility index (Phi) is 3.57. The molecule has 0 spiro atoms. The van der Waals surface area contributed by atoms with Crippen LogP contribution < -0.4 is 0 Å². The largest absolute Gasteiger partial charge is 0.479 e. The SMILES string of the molecule is O=C(O)[C@@H](OC1CCCC1)c1ccccc1. The van der Waals surface area contributed by atoms with Crippen LogP contribution in [0.15, 0.2) is 30.3 Å². The van der Waals surface area contributed by atoms with Crippen LogP contribution in [0.3, 0.4) is 0 Å². The van der Waals surface area contributed by atoms with Crippen LogP contribution in [0, 0.1) is 0 Å². The summed E-state index contributed by atoms with van der Waals surface area (Å²) in [6.45, 7) is 0. The van der Waals surface area contributed by atoms with Crippen molar-refractivity contribution in [2.45, 2.75) is 37.9 Å². The summed E-state index contributed by atoms with van der Waals surface area (Å²) in [5.41, 5.74) is 0.724. The summed E-state index contributed by atoms with van der Waals surface area (Å²) in [5.74, 6) is -0.905. The summed E-state index contributed by atoms with van der Waals surface area (Å²) >= 11 is 0. The third kappa shape index (κ3) is 2.61. The zero-order valence-electron chi connectivity index (χ0n) is 9.13. The Hall–Kier alpha value is -1.35. The molecule has 1 saturated carbocycles. The van der Waals surface area contributed by atoms with Crippen molar-refractivity contribution in [2.24, 2.45) is 0 Å². The average molecular weight is 220 g/mol. The molecule has 1 fully saturated rings. The van der Waals surface area contributed by atoms with E-state index in [0.29, 0.717) is 0 Å². The second kappa shape index (κ2) is 5.12. The molecule has 0 bridgehead atoms. The van der Waals surface area contributed by atoms with E-state index >= 15 is 0 Å². The van der Waals surface area contributed by atoms with E-state index < -0.39 is 12.1 Å². The minimum absolute atomic E-state index is 0.112. The van der Waals surface area contributed by atoms with Gasteiger partial charge in [-0.05, 0) is 18.4 Å². The normalized spacial score (nSPS) is 18.5. The van der Waals surface area contributed by atoms with Crippen LogP contribution in [0.2, 0.25) is 0 Å². The van der Waals surface area contributed by atoms with Crippen molar-refractivity contribution in [3.05, 3.63) is 35.9 Å². The molecule has 0 radical (unpaired) electrons. The number of carboxylic acid groups (broad SMARTS) is 1. The van der Waals surface area contributed by atoms with E-state index in [2.05, 4.69) is 0 Å². The van der Waals surface area contributed by atoms with E-state index in [1.165, 1.54) is 0 Å². The van der Waals surface area contributed by atoms with Crippen LogP contribution in [0.1, 0.15) is 37.4 Å². The number of rotatable bonds is 4. The predicted octanol–water partition coefficient (Wildman–Crippen LogP) is 2.77. The van der Waals surface area contributed by atoms with E-state index in [4.69, 9.17) is 9.84 Å². The standard InChI is InChI=1S/C13H16O3/c14-13(15)12(10-6-2-1-3-7-10)16-11-8-4-5-9-11/h1-3,6-7,11-12H,4-5,8-9H2,(H,14,15)/t12-/m0/s1. The minimum atomic E-state index is -0.905. The molecule has 0 aromatic heterocycles. The molecule has 0 aliphatic heterocycles. The molecule has 0 heterocycles. The van der Waals surface area contributed by atoms with Crippen LogP contribution in [0.5, 0.6) is 0 Å². The Morgan fingerprint density at radius 2 is 1.88 bits per heavy atom. The van der Waals surface area contributed by atoms with Crippen molar-refractivity contribution in [3.63, 3.8) is 0 Å². The molecule has 3 heteroatoms. The summed E-state index contributed by atoms with van der Waals surface area (Å²) in [6.07, 6.45) is 3.55. The van der Waals surface area contributed by atoms with Crippen molar-refractivity contribution in [3.8, 4) is 0 Å². The van der Waals surface area contributed by atoms with Gasteiger partial charge in [-0.1, -0.05) is 43.2 Å². The second-order valence-corrected chi connectivity index (χ2v) is 4.17. The van der Waals surface area contributed by atoms with E-state index in [-0.39, 0.29) is 6.10 Å². The van der Waals surface area contributed by atoms with Crippen molar-refractivity contribution < 1.29 is 14.6 Å². The van der Waals surface area contributed by atoms with E-state index in [1.54, 1.807) is 12.1 Å². The van der Waals surface area contributed by atoms with Crippen molar-refractivity contribution >= 4 is 5.97 Å². The van der Waals surface area contributed by atoms with Gasteiger partial charge in [0.2, 0.25) is 0 Å². The van der Waals surface area contributed by atoms with Gasteiger partial charge in [0, 0.05) is 0 Å². The van der Waals surface area contributed by atoms with E-state index in [0.717, 1.165) is 31.2 Å². The van der Waals surface area contributed by atoms with E-state index in [9.17, 15) is 4.79 Å². The lowest BCUT2D eigenvalue weighted by molar-refractivity contribution is -0.154. The first kappa shape index (κ1) is 11.1. The fraction of sp³-hybridized carbons (Fsp3) is 0.462. The van der Waals surface area contributed by atoms with Gasteiger partial charge in [0.1, 0.15) is 0 Å². The predicted molar refractivity (Wildman–Crippen MR) is 60.2 cm³/mol. The van der Waals surface area contributed by atoms with Crippen molar-refractivity contribution in [1.82, 2.24) is 0 Å². The van der Waals surface area contributed by atoms with Crippen LogP contribution in [-0.2, 0) is 9.53 Å². The Labute approximate surface area is 95.0 Å². The number of carboxylic acids is 1. The van der Waals surface area contributed by atoms with Gasteiger partial charge in [0.25, 0.3) is 0 Å². The molecule has 86 valence electrons. The molecule has 2 rings (SSSR count). The highest BCUT2D eigenvalue weighted by molar-refractivity contribution is 5.74. The van der Waals surface area contributed by atoms with Crippen molar-refractivity contribution in [2.75, 3.05) is 0 Å². The lowest BCUT2D eigenvalue weighted by Gasteiger charge is -2.18. The molecule has 1 aromatic carbocycles. The first-order valence-electron chi connectivity index (χ1n) is 5.70. The minimum Gasteiger partial charge on any atom is -0.479 e. The summed E-state index contributed by atoms with van der Waals surface area (Å²) in [7, 11) is 0. The number of hydrogen-bond donors (Lipinski definition) is 1.